The third kappa shape index (κ3) is 7.97. The molecule has 0 spiro atoms. The maximum absolute atomic E-state index is 13.3. The van der Waals surface area contributed by atoms with E-state index >= 15 is 0 Å². The lowest BCUT2D eigenvalue weighted by molar-refractivity contribution is -0.143. The Kier molecular flexibility index (Phi) is 11.3. The number of aromatic nitrogens is 2. The second-order valence-corrected chi connectivity index (χ2v) is 14.4. The molecule has 1 aromatic heterocycles. The largest absolute Gasteiger partial charge is 0.373 e. The van der Waals surface area contributed by atoms with E-state index in [0.29, 0.717) is 24.5 Å². The summed E-state index contributed by atoms with van der Waals surface area (Å²) in [5.74, 6) is -0.557. The van der Waals surface area contributed by atoms with Gasteiger partial charge in [-0.2, -0.15) is 0 Å². The number of ether oxygens (including phenoxy) is 1. The monoisotopic (exact) mass is 698 g/mol. The minimum absolute atomic E-state index is 0.0753. The van der Waals surface area contributed by atoms with E-state index in [1.165, 1.54) is 18.0 Å². The van der Waals surface area contributed by atoms with Crippen molar-refractivity contribution in [2.45, 2.75) is 91.8 Å². The zero-order chi connectivity index (χ0) is 37.2. The average Bonchev–Trinajstić information content (AvgIpc) is 3.51. The summed E-state index contributed by atoms with van der Waals surface area (Å²) in [5.41, 5.74) is 4.62. The molecule has 3 aromatic rings. The third-order valence-corrected chi connectivity index (χ3v) is 9.77. The highest BCUT2D eigenvalue weighted by Crippen LogP contribution is 2.43. The van der Waals surface area contributed by atoms with Crippen LogP contribution in [0.2, 0.25) is 0 Å². The summed E-state index contributed by atoms with van der Waals surface area (Å²) < 4.78 is 5.78. The molecule has 2 aromatic carbocycles. The zero-order valence-electron chi connectivity index (χ0n) is 30.9. The predicted octanol–water partition coefficient (Wildman–Crippen LogP) is 3.80. The van der Waals surface area contributed by atoms with E-state index in [9.17, 15) is 24.3 Å². The van der Waals surface area contributed by atoms with Crippen molar-refractivity contribution >= 4 is 23.2 Å². The molecular weight excluding hydrogens is 648 g/mol. The van der Waals surface area contributed by atoms with Crippen molar-refractivity contribution in [3.8, 4) is 0 Å². The molecule has 1 saturated carbocycles. The summed E-state index contributed by atoms with van der Waals surface area (Å²) in [5, 5.41) is 16.7. The summed E-state index contributed by atoms with van der Waals surface area (Å²) in [6.07, 6.45) is 6.52. The van der Waals surface area contributed by atoms with Gasteiger partial charge in [0.15, 0.2) is 6.29 Å². The van der Waals surface area contributed by atoms with Crippen LogP contribution in [0.3, 0.4) is 0 Å². The number of carbonyl (C=O) groups excluding carboxylic acids is 2. The van der Waals surface area contributed by atoms with E-state index in [-0.39, 0.29) is 41.7 Å². The minimum Gasteiger partial charge on any atom is -0.373 e. The highest BCUT2D eigenvalue weighted by Gasteiger charge is 2.40. The molecule has 0 saturated heterocycles. The van der Waals surface area contributed by atoms with Crippen LogP contribution in [0, 0.1) is 11.8 Å². The summed E-state index contributed by atoms with van der Waals surface area (Å²) in [7, 11) is 3.52. The number of benzene rings is 1. The van der Waals surface area contributed by atoms with Crippen molar-refractivity contribution in [3.63, 3.8) is 0 Å². The smallest absolute Gasteiger partial charge is 0.270 e. The molecule has 0 bridgehead atoms. The van der Waals surface area contributed by atoms with Crippen LogP contribution in [0.25, 0.3) is 0 Å². The van der Waals surface area contributed by atoms with Gasteiger partial charge in [0.05, 0.1) is 5.60 Å². The van der Waals surface area contributed by atoms with Gasteiger partial charge in [-0.25, -0.2) is 9.97 Å². The Morgan fingerprint density at radius 3 is 2.43 bits per heavy atom. The van der Waals surface area contributed by atoms with E-state index in [4.69, 9.17) is 4.74 Å². The molecule has 272 valence electrons. The van der Waals surface area contributed by atoms with Crippen molar-refractivity contribution in [1.82, 2.24) is 20.6 Å². The number of nitrogens with one attached hydrogen (secondary N) is 2. The van der Waals surface area contributed by atoms with Crippen LogP contribution in [-0.2, 0) is 24.2 Å². The van der Waals surface area contributed by atoms with Gasteiger partial charge >= 0.3 is 0 Å². The highest BCUT2D eigenvalue weighted by atomic mass is 16.6. The highest BCUT2D eigenvalue weighted by molar-refractivity contribution is 5.97. The van der Waals surface area contributed by atoms with Crippen molar-refractivity contribution in [3.05, 3.63) is 102 Å². The summed E-state index contributed by atoms with van der Waals surface area (Å²) in [6, 6.07) is 7.28. The van der Waals surface area contributed by atoms with E-state index in [2.05, 4.69) is 20.6 Å². The van der Waals surface area contributed by atoms with E-state index in [1.54, 1.807) is 19.0 Å². The Balaban J connectivity index is 0.00000248. The van der Waals surface area contributed by atoms with Crippen molar-refractivity contribution < 1.29 is 19.4 Å². The number of amides is 2. The van der Waals surface area contributed by atoms with Gasteiger partial charge in [-0.1, -0.05) is 49.8 Å². The fourth-order valence-electron chi connectivity index (χ4n) is 7.31. The average molecular weight is 699 g/mol. The van der Waals surface area contributed by atoms with Gasteiger partial charge in [0, 0.05) is 57.3 Å². The first kappa shape index (κ1) is 37.6. The summed E-state index contributed by atoms with van der Waals surface area (Å²) in [4.78, 5) is 62.8. The van der Waals surface area contributed by atoms with Gasteiger partial charge in [-0.15, -0.1) is 0 Å². The Bertz CT molecular complexity index is 1920. The van der Waals surface area contributed by atoms with E-state index in [0.717, 1.165) is 41.5 Å². The van der Waals surface area contributed by atoms with Crippen LogP contribution in [0.5, 0.6) is 0 Å². The second-order valence-electron chi connectivity index (χ2n) is 14.4. The number of fused-ring (bicyclic) bond motifs is 2. The quantitative estimate of drug-likeness (QED) is 0.222. The standard InChI is InChI=1S/C37H44N6O6.C2H6/c1-20-24-11-12-27(26(24)10-9-25(20)36(48)49-37(2,3)4)41-35(47)29-16-28(39-19-40-29)34(46)38-17-21-7-8-22-13-14-43(18-23(22)15-21)31-30(42(5)6)32(44)33(31)45;1-2/h7-10,15-16,19,24,26-27,36,48H,11-14,17-18H2,1-6H3,(H,38,46)(H,41,47);1-2H3. The topological polar surface area (TPSA) is 154 Å². The van der Waals surface area contributed by atoms with Gasteiger partial charge in [0.25, 0.3) is 22.7 Å². The number of hydrogen-bond donors (Lipinski definition) is 3. The first-order valence-corrected chi connectivity index (χ1v) is 17.7. The van der Waals surface area contributed by atoms with Crippen LogP contribution in [0.1, 0.15) is 92.1 Å². The molecule has 2 heterocycles. The first-order chi connectivity index (χ1) is 24.2. The number of hydrogen-bond acceptors (Lipinski definition) is 10. The number of anilines is 2. The van der Waals surface area contributed by atoms with Crippen LogP contribution < -0.4 is 31.3 Å². The molecule has 6 rings (SSSR count). The van der Waals surface area contributed by atoms with Crippen molar-refractivity contribution in [2.75, 3.05) is 30.4 Å². The van der Waals surface area contributed by atoms with Crippen LogP contribution >= 0.6 is 0 Å². The molecule has 1 aliphatic heterocycles. The Morgan fingerprint density at radius 1 is 1.04 bits per heavy atom. The van der Waals surface area contributed by atoms with Crippen molar-refractivity contribution in [1.29, 1.82) is 0 Å². The number of carbonyl (C=O) groups is 2. The van der Waals surface area contributed by atoms with Gasteiger partial charge in [-0.3, -0.25) is 19.2 Å². The number of aliphatic hydroxyl groups excluding tert-OH is 1. The molecule has 12 nitrogen and oxygen atoms in total. The predicted molar refractivity (Wildman–Crippen MR) is 198 cm³/mol. The lowest BCUT2D eigenvalue weighted by atomic mass is 9.80. The molecule has 4 unspecified atom stereocenters. The molecule has 4 atom stereocenters. The van der Waals surface area contributed by atoms with E-state index < -0.39 is 28.7 Å². The Morgan fingerprint density at radius 2 is 1.75 bits per heavy atom. The minimum atomic E-state index is -1.01. The molecule has 2 amide bonds. The van der Waals surface area contributed by atoms with Gasteiger partial charge in [-0.05, 0) is 69.6 Å². The van der Waals surface area contributed by atoms with Gasteiger partial charge in [0.2, 0.25) is 0 Å². The lowest BCUT2D eigenvalue weighted by Crippen LogP contribution is -2.46. The SMILES string of the molecule is CC.CC1=C(C(O)OC(C)(C)C)C=CC2C(NC(=O)c3cc(C(=O)NCc4ccc5c(c4)CN(c4c(N(C)C)c(=O)c4=O)CC5)ncn3)CCC12. The summed E-state index contributed by atoms with van der Waals surface area (Å²) >= 11 is 0. The fourth-order valence-corrected chi connectivity index (χ4v) is 7.31. The number of allylic oxidation sites excluding steroid dienone is 1. The molecule has 2 aliphatic carbocycles. The van der Waals surface area contributed by atoms with Gasteiger partial charge < -0.3 is 30.3 Å². The number of aliphatic hydroxyl groups is 1. The Hall–Kier alpha value is -4.68. The number of rotatable bonds is 9. The van der Waals surface area contributed by atoms with Crippen LogP contribution in [0.15, 0.2) is 63.5 Å². The molecule has 3 aliphatic rings. The maximum Gasteiger partial charge on any atom is 0.270 e. The van der Waals surface area contributed by atoms with Gasteiger partial charge in [0.1, 0.15) is 29.1 Å². The van der Waals surface area contributed by atoms with Crippen LogP contribution in [-0.4, -0.2) is 65.5 Å². The molecule has 51 heavy (non-hydrogen) atoms. The number of nitrogens with zero attached hydrogens (tertiary/aromatic N) is 4. The molecule has 3 N–H and O–H groups in total. The summed E-state index contributed by atoms with van der Waals surface area (Å²) in [6.45, 7) is 13.1. The molecule has 1 fully saturated rings. The normalized spacial score (nSPS) is 20.3. The maximum atomic E-state index is 13.3. The van der Waals surface area contributed by atoms with E-state index in [1.807, 2.05) is 76.8 Å². The lowest BCUT2D eigenvalue weighted by Gasteiger charge is -2.34. The molecule has 12 heteroatoms. The molecule has 0 radical (unpaired) electrons. The third-order valence-electron chi connectivity index (χ3n) is 9.77. The second kappa shape index (κ2) is 15.3. The molecular formula is C39H50N6O6. The Labute approximate surface area is 299 Å². The van der Waals surface area contributed by atoms with Crippen molar-refractivity contribution in [2.24, 2.45) is 11.8 Å². The van der Waals surface area contributed by atoms with Crippen LogP contribution in [0.4, 0.5) is 11.4 Å². The zero-order valence-corrected chi connectivity index (χ0v) is 30.9. The fraction of sp³-hybridized carbons (Fsp3) is 0.487. The first-order valence-electron chi connectivity index (χ1n) is 17.7.